The minimum Gasteiger partial charge on any atom is -0.417 e. The van der Waals surface area contributed by atoms with Gasteiger partial charge in [0.25, 0.3) is 0 Å². The third-order valence-electron chi connectivity index (χ3n) is 5.10. The second-order valence-electron chi connectivity index (χ2n) is 8.54. The first kappa shape index (κ1) is 22.0. The van der Waals surface area contributed by atoms with Crippen molar-refractivity contribution in [3.05, 3.63) is 90.5 Å². The molecule has 0 amide bonds. The van der Waals surface area contributed by atoms with Gasteiger partial charge < -0.3 is 4.43 Å². The molecule has 0 fully saturated rings. The van der Waals surface area contributed by atoms with E-state index in [1.807, 2.05) is 0 Å². The van der Waals surface area contributed by atoms with Gasteiger partial charge in [-0.2, -0.15) is 0 Å². The van der Waals surface area contributed by atoms with Crippen molar-refractivity contribution in [3.8, 4) is 0 Å². The number of hydrogen-bond donors (Lipinski definition) is 0. The second-order valence-corrected chi connectivity index (χ2v) is 15.2. The lowest BCUT2D eigenvalue weighted by Gasteiger charge is -2.26. The predicted molar refractivity (Wildman–Crippen MR) is 132 cm³/mol. The minimum atomic E-state index is -1.49. The second kappa shape index (κ2) is 10.3. The largest absolute Gasteiger partial charge is 0.417 e. The van der Waals surface area contributed by atoms with Gasteiger partial charge in [0, 0.05) is 6.61 Å². The van der Waals surface area contributed by atoms with Gasteiger partial charge in [-0.15, -0.1) is 0 Å². The van der Waals surface area contributed by atoms with E-state index in [9.17, 15) is 0 Å². The van der Waals surface area contributed by atoms with Crippen LogP contribution in [0.1, 0.15) is 18.9 Å². The molecule has 0 radical (unpaired) electrons. The molecule has 0 bridgehead atoms. The van der Waals surface area contributed by atoms with Crippen LogP contribution in [0.25, 0.3) is 0 Å². The van der Waals surface area contributed by atoms with Crippen LogP contribution in [0.15, 0.2) is 84.9 Å². The smallest absolute Gasteiger partial charge is 0.183 e. The summed E-state index contributed by atoms with van der Waals surface area (Å²) in [5, 5.41) is 4.30. The summed E-state index contributed by atoms with van der Waals surface area (Å²) in [5.41, 5.74) is 1.47. The lowest BCUT2D eigenvalue weighted by molar-refractivity contribution is 0.238. The maximum Gasteiger partial charge on any atom is 0.183 e. The lowest BCUT2D eigenvalue weighted by atomic mass is 9.98. The lowest BCUT2D eigenvalue weighted by Crippen LogP contribution is -2.30. The molecule has 3 heteroatoms. The Morgan fingerprint density at radius 1 is 0.759 bits per heavy atom. The molecule has 29 heavy (non-hydrogen) atoms. The highest BCUT2D eigenvalue weighted by Crippen LogP contribution is 2.34. The van der Waals surface area contributed by atoms with Crippen LogP contribution in [0.3, 0.4) is 0 Å². The van der Waals surface area contributed by atoms with Crippen LogP contribution in [0.4, 0.5) is 0 Å². The third kappa shape index (κ3) is 6.37. The minimum absolute atomic E-state index is 0.561. The Morgan fingerprint density at radius 2 is 1.28 bits per heavy atom. The topological polar surface area (TPSA) is 9.23 Å². The molecule has 3 rings (SSSR count). The Labute approximate surface area is 179 Å². The molecule has 0 aliphatic heterocycles. The van der Waals surface area contributed by atoms with Crippen LogP contribution >= 0.6 is 7.92 Å². The highest BCUT2D eigenvalue weighted by molar-refractivity contribution is 7.79. The van der Waals surface area contributed by atoms with Crippen LogP contribution in [-0.4, -0.2) is 14.9 Å². The fourth-order valence-corrected chi connectivity index (χ4v) is 6.70. The fourth-order valence-electron chi connectivity index (χ4n) is 3.48. The van der Waals surface area contributed by atoms with Crippen molar-refractivity contribution in [2.45, 2.75) is 39.4 Å². The normalized spacial score (nSPS) is 12.9. The van der Waals surface area contributed by atoms with Crippen molar-refractivity contribution >= 4 is 32.2 Å². The Kier molecular flexibility index (Phi) is 7.83. The van der Waals surface area contributed by atoms with Gasteiger partial charge in [-0.25, -0.2) is 0 Å². The molecule has 0 aliphatic carbocycles. The van der Waals surface area contributed by atoms with Gasteiger partial charge in [-0.05, 0) is 61.4 Å². The van der Waals surface area contributed by atoms with Crippen molar-refractivity contribution in [1.82, 2.24) is 0 Å². The van der Waals surface area contributed by atoms with Gasteiger partial charge in [0.15, 0.2) is 8.32 Å². The molecule has 1 atom stereocenters. The summed E-state index contributed by atoms with van der Waals surface area (Å²) in [6, 6.07) is 31.0. The molecule has 0 N–H and O–H groups in total. The fraction of sp³-hybridized carbons (Fsp3) is 0.308. The van der Waals surface area contributed by atoms with E-state index in [0.29, 0.717) is 5.92 Å². The van der Waals surface area contributed by atoms with Crippen molar-refractivity contribution in [3.63, 3.8) is 0 Å². The van der Waals surface area contributed by atoms with Crippen molar-refractivity contribution in [2.24, 2.45) is 5.92 Å². The SMILES string of the molecule is CCC(CO[Si](C)(C)C)Cc1ccccc1P(c1ccccc1)c1ccccc1. The zero-order valence-corrected chi connectivity index (χ0v) is 20.0. The molecule has 0 saturated carbocycles. The average molecular weight is 421 g/mol. The highest BCUT2D eigenvalue weighted by atomic mass is 31.1. The van der Waals surface area contributed by atoms with E-state index in [1.54, 1.807) is 0 Å². The molecular weight excluding hydrogens is 387 g/mol. The van der Waals surface area contributed by atoms with Crippen LogP contribution in [0, 0.1) is 5.92 Å². The van der Waals surface area contributed by atoms with Gasteiger partial charge in [-0.3, -0.25) is 0 Å². The molecular formula is C26H33OPSi. The molecule has 1 unspecified atom stereocenters. The molecule has 0 saturated heterocycles. The van der Waals surface area contributed by atoms with E-state index in [4.69, 9.17) is 4.43 Å². The van der Waals surface area contributed by atoms with Crippen LogP contribution in [0.5, 0.6) is 0 Å². The molecule has 0 aromatic heterocycles. The van der Waals surface area contributed by atoms with Gasteiger partial charge in [0.1, 0.15) is 0 Å². The third-order valence-corrected chi connectivity index (χ3v) is 8.68. The van der Waals surface area contributed by atoms with Gasteiger partial charge in [-0.1, -0.05) is 98.3 Å². The first-order chi connectivity index (χ1) is 14.0. The summed E-state index contributed by atoms with van der Waals surface area (Å²) >= 11 is 0. The maximum atomic E-state index is 6.27. The zero-order valence-electron chi connectivity index (χ0n) is 18.1. The molecule has 0 aliphatic rings. The average Bonchev–Trinajstić information content (AvgIpc) is 2.73. The summed E-state index contributed by atoms with van der Waals surface area (Å²) in [4.78, 5) is 0. The summed E-state index contributed by atoms with van der Waals surface area (Å²) in [5.74, 6) is 0.561. The Hall–Kier alpha value is -1.73. The monoisotopic (exact) mass is 420 g/mol. The molecule has 152 valence electrons. The van der Waals surface area contributed by atoms with Crippen LogP contribution < -0.4 is 15.9 Å². The standard InChI is InChI=1S/C26H33OPSi/c1-5-22(21-27-29(2,3)4)20-23-14-12-13-19-26(23)28(24-15-8-6-9-16-24)25-17-10-7-11-18-25/h6-19,22H,5,20-21H2,1-4H3. The van der Waals surface area contributed by atoms with Crippen LogP contribution in [-0.2, 0) is 10.8 Å². The van der Waals surface area contributed by atoms with Crippen molar-refractivity contribution in [1.29, 1.82) is 0 Å². The van der Waals surface area contributed by atoms with E-state index >= 15 is 0 Å². The highest BCUT2D eigenvalue weighted by Gasteiger charge is 2.22. The quantitative estimate of drug-likeness (QED) is 0.311. The zero-order chi connectivity index (χ0) is 20.7. The number of rotatable bonds is 9. The Morgan fingerprint density at radius 3 is 1.79 bits per heavy atom. The van der Waals surface area contributed by atoms with Gasteiger partial charge in [0.05, 0.1) is 0 Å². The summed E-state index contributed by atoms with van der Waals surface area (Å²) < 4.78 is 6.27. The first-order valence-corrected chi connectivity index (χ1v) is 15.3. The molecule has 3 aromatic rings. The molecule has 0 spiro atoms. The molecule has 3 aromatic carbocycles. The summed E-state index contributed by atoms with van der Waals surface area (Å²) in [6.07, 6.45) is 2.23. The van der Waals surface area contributed by atoms with Crippen molar-refractivity contribution < 1.29 is 4.43 Å². The van der Waals surface area contributed by atoms with E-state index in [1.165, 1.54) is 21.5 Å². The molecule has 1 nitrogen and oxygen atoms in total. The van der Waals surface area contributed by atoms with E-state index in [0.717, 1.165) is 19.4 Å². The maximum absolute atomic E-state index is 6.27. The van der Waals surface area contributed by atoms with E-state index in [-0.39, 0.29) is 0 Å². The summed E-state index contributed by atoms with van der Waals surface area (Å²) in [7, 11) is -2.06. The number of benzene rings is 3. The molecule has 0 heterocycles. The first-order valence-electron chi connectivity index (χ1n) is 10.6. The number of hydrogen-bond acceptors (Lipinski definition) is 1. The van der Waals surface area contributed by atoms with Gasteiger partial charge in [0.2, 0.25) is 0 Å². The van der Waals surface area contributed by atoms with Crippen molar-refractivity contribution in [2.75, 3.05) is 6.61 Å². The summed E-state index contributed by atoms with van der Waals surface area (Å²) in [6.45, 7) is 9.99. The Balaban J connectivity index is 1.96. The van der Waals surface area contributed by atoms with Gasteiger partial charge >= 0.3 is 0 Å². The van der Waals surface area contributed by atoms with E-state index < -0.39 is 16.2 Å². The predicted octanol–water partition coefficient (Wildman–Crippen LogP) is 5.87. The Bertz CT molecular complexity index is 834. The van der Waals surface area contributed by atoms with Crippen LogP contribution in [0.2, 0.25) is 19.6 Å². The van der Waals surface area contributed by atoms with E-state index in [2.05, 4.69) is 111 Å².